The normalized spacial score (nSPS) is 12.2. The molecule has 2 heterocycles. The first-order valence-corrected chi connectivity index (χ1v) is 18.7. The van der Waals surface area contributed by atoms with Crippen molar-refractivity contribution in [3.8, 4) is 22.6 Å². The molecule has 1 N–H and O–H groups in total. The molecule has 1 radical (unpaired) electrons. The Morgan fingerprint density at radius 2 is 1.49 bits per heavy atom. The molecule has 53 heavy (non-hydrogen) atoms. The number of carbonyl (C=O) groups excluding carboxylic acids is 1. The fraction of sp³-hybridized carbons (Fsp3) is 0.319. The summed E-state index contributed by atoms with van der Waals surface area (Å²) in [4.78, 5) is 16.5. The number of benzene rings is 5. The fourth-order valence-electron chi connectivity index (χ4n) is 7.06. The Labute approximate surface area is 326 Å². The first-order valence-electron chi connectivity index (χ1n) is 18.7. The Bertz CT molecular complexity index is 2370. The smallest absolute Gasteiger partial charge is 0.162 e. The van der Waals surface area contributed by atoms with E-state index in [9.17, 15) is 9.90 Å². The molecule has 0 fully saturated rings. The van der Waals surface area contributed by atoms with Gasteiger partial charge in [0.25, 0.3) is 0 Å². The third-order valence-corrected chi connectivity index (χ3v) is 10.4. The monoisotopic (exact) mass is 885 g/mol. The zero-order chi connectivity index (χ0) is 37.2. The van der Waals surface area contributed by atoms with Crippen molar-refractivity contribution in [3.05, 3.63) is 114 Å². The van der Waals surface area contributed by atoms with E-state index in [1.807, 2.05) is 64.1 Å². The summed E-state index contributed by atoms with van der Waals surface area (Å²) < 4.78 is 12.7. The maximum atomic E-state index is 11.7. The van der Waals surface area contributed by atoms with Gasteiger partial charge in [-0.3, -0.25) is 4.79 Å². The van der Waals surface area contributed by atoms with Crippen LogP contribution < -0.4 is 0 Å². The Morgan fingerprint density at radius 1 is 0.811 bits per heavy atom. The molecule has 5 nitrogen and oxygen atoms in total. The van der Waals surface area contributed by atoms with Gasteiger partial charge < -0.3 is 13.9 Å². The summed E-state index contributed by atoms with van der Waals surface area (Å²) in [5.74, 6) is 1.10. The molecule has 0 spiro atoms. The number of furan rings is 1. The van der Waals surface area contributed by atoms with Crippen molar-refractivity contribution in [2.24, 2.45) is 11.8 Å². The van der Waals surface area contributed by atoms with E-state index in [4.69, 9.17) is 13.8 Å². The number of allylic oxidation sites excluding steroid dienone is 2. The number of oxazole rings is 1. The first-order chi connectivity index (χ1) is 25.0. The summed E-state index contributed by atoms with van der Waals surface area (Å²) in [5, 5.41) is 13.8. The summed E-state index contributed by atoms with van der Waals surface area (Å²) in [7, 11) is 0. The first kappa shape index (κ1) is 39.7. The molecular formula is C47H50IrNO4-. The Hall–Kier alpha value is -4.51. The van der Waals surface area contributed by atoms with Crippen LogP contribution in [0, 0.1) is 24.8 Å². The van der Waals surface area contributed by atoms with Crippen LogP contribution in [0.2, 0.25) is 0 Å². The molecule has 6 heteroatoms. The number of para-hydroxylation sites is 2. The van der Waals surface area contributed by atoms with Gasteiger partial charge in [-0.15, -0.1) is 17.5 Å². The zero-order valence-electron chi connectivity index (χ0n) is 32.1. The van der Waals surface area contributed by atoms with Gasteiger partial charge in [-0.05, 0) is 94.6 Å². The molecule has 7 rings (SSSR count). The number of aromatic nitrogens is 1. The number of hydrogen-bond acceptors (Lipinski definition) is 5. The van der Waals surface area contributed by atoms with Crippen LogP contribution in [0.3, 0.4) is 0 Å². The molecule has 277 valence electrons. The second-order valence-electron chi connectivity index (χ2n) is 14.8. The van der Waals surface area contributed by atoms with Crippen LogP contribution >= 0.6 is 0 Å². The third-order valence-electron chi connectivity index (χ3n) is 10.4. The van der Waals surface area contributed by atoms with Gasteiger partial charge >= 0.3 is 0 Å². The molecule has 0 amide bonds. The SMILES string of the molecule is CCC(CC)C(=O)/C=C(\O)C(CC)CC.Cc1cc(C(C)(C)C)ccc1-c1ccc2oc3c4ccccc4[c-]c(-c4nc5ccccc5o4)c3c2c1.[Ir]. The van der Waals surface area contributed by atoms with Crippen molar-refractivity contribution in [3.63, 3.8) is 0 Å². The van der Waals surface area contributed by atoms with Gasteiger partial charge in [0.15, 0.2) is 11.7 Å². The van der Waals surface area contributed by atoms with Gasteiger partial charge in [-0.2, -0.15) is 0 Å². The molecule has 0 saturated heterocycles. The van der Waals surface area contributed by atoms with Gasteiger partial charge in [-0.1, -0.05) is 115 Å². The molecule has 0 aliphatic rings. The molecule has 0 aliphatic heterocycles. The minimum atomic E-state index is 0. The molecule has 0 atom stereocenters. The molecule has 7 aromatic rings. The van der Waals surface area contributed by atoms with Crippen molar-refractivity contribution in [2.45, 2.75) is 86.5 Å². The Balaban J connectivity index is 0.000000290. The number of aliphatic hydroxyl groups is 1. The van der Waals surface area contributed by atoms with E-state index in [0.29, 0.717) is 5.89 Å². The largest absolute Gasteiger partial charge is 0.512 e. The van der Waals surface area contributed by atoms with Crippen molar-refractivity contribution in [2.75, 3.05) is 0 Å². The van der Waals surface area contributed by atoms with Gasteiger partial charge in [0, 0.05) is 38.0 Å². The number of rotatable bonds is 9. The number of aryl methyl sites for hydroxylation is 1. The predicted octanol–water partition coefficient (Wildman–Crippen LogP) is 13.5. The zero-order valence-corrected chi connectivity index (χ0v) is 34.5. The summed E-state index contributed by atoms with van der Waals surface area (Å²) >= 11 is 0. The minimum Gasteiger partial charge on any atom is -0.512 e. The van der Waals surface area contributed by atoms with E-state index >= 15 is 0 Å². The van der Waals surface area contributed by atoms with E-state index in [2.05, 4.69) is 82.3 Å². The molecule has 0 bridgehead atoms. The van der Waals surface area contributed by atoms with Crippen LogP contribution in [0.4, 0.5) is 0 Å². The molecule has 0 saturated carbocycles. The number of fused-ring (bicyclic) bond motifs is 6. The maximum Gasteiger partial charge on any atom is 0.162 e. The predicted molar refractivity (Wildman–Crippen MR) is 216 cm³/mol. The number of hydrogen-bond donors (Lipinski definition) is 1. The third kappa shape index (κ3) is 8.20. The average Bonchev–Trinajstić information content (AvgIpc) is 3.74. The van der Waals surface area contributed by atoms with Gasteiger partial charge in [0.1, 0.15) is 11.2 Å². The van der Waals surface area contributed by atoms with E-state index in [1.54, 1.807) is 0 Å². The summed E-state index contributed by atoms with van der Waals surface area (Å²) in [6.45, 7) is 17.0. The second-order valence-corrected chi connectivity index (χ2v) is 14.8. The van der Waals surface area contributed by atoms with Crippen LogP contribution in [-0.4, -0.2) is 15.9 Å². The minimum absolute atomic E-state index is 0. The number of nitrogens with zero attached hydrogens (tertiary/aromatic N) is 1. The van der Waals surface area contributed by atoms with Crippen LogP contribution in [0.1, 0.15) is 85.3 Å². The standard InChI is InChI=1S/C34H26NO2.C13H24O2.Ir/c1-20-17-23(34(2,3)4)14-15-24(20)22-13-16-29-26(18-22)31-27(33-35-28-11-7-8-12-30(28)37-33)19-21-9-5-6-10-25(21)32(31)36-29;1-5-10(6-2)12(14)9-13(15)11(7-3)8-4;/h5-18H,1-4H3;9-11,14H,5-8H2,1-4H3;/q-1;;/b;12-9-;. The van der Waals surface area contributed by atoms with E-state index < -0.39 is 0 Å². The van der Waals surface area contributed by atoms with Crippen molar-refractivity contribution >= 4 is 49.6 Å². The van der Waals surface area contributed by atoms with Crippen LogP contribution in [-0.2, 0) is 30.3 Å². The molecule has 2 aromatic heterocycles. The van der Waals surface area contributed by atoms with Crippen LogP contribution in [0.25, 0.3) is 66.4 Å². The number of carbonyl (C=O) groups is 1. The Kier molecular flexibility index (Phi) is 12.5. The van der Waals surface area contributed by atoms with Gasteiger partial charge in [0.05, 0.1) is 16.9 Å². The van der Waals surface area contributed by atoms with Gasteiger partial charge in [0.2, 0.25) is 0 Å². The number of ketones is 1. The summed E-state index contributed by atoms with van der Waals surface area (Å²) in [6.07, 6.45) is 4.91. The number of aliphatic hydroxyl groups excluding tert-OH is 1. The Morgan fingerprint density at radius 3 is 2.15 bits per heavy atom. The van der Waals surface area contributed by atoms with E-state index in [0.717, 1.165) is 80.6 Å². The quantitative estimate of drug-likeness (QED) is 0.0888. The van der Waals surface area contributed by atoms with Gasteiger partial charge in [-0.25, -0.2) is 4.98 Å². The van der Waals surface area contributed by atoms with Crippen molar-refractivity contribution in [1.29, 1.82) is 0 Å². The van der Waals surface area contributed by atoms with Crippen LogP contribution in [0.15, 0.2) is 106 Å². The molecule has 0 unspecified atom stereocenters. The molecule has 0 aliphatic carbocycles. The second kappa shape index (κ2) is 16.7. The maximum absolute atomic E-state index is 11.7. The van der Waals surface area contributed by atoms with Crippen molar-refractivity contribution < 1.29 is 38.8 Å². The van der Waals surface area contributed by atoms with Crippen LogP contribution in [0.5, 0.6) is 0 Å². The van der Waals surface area contributed by atoms with E-state index in [-0.39, 0.29) is 48.9 Å². The summed E-state index contributed by atoms with van der Waals surface area (Å²) in [5.41, 5.74) is 9.16. The molecule has 5 aromatic carbocycles. The fourth-order valence-corrected chi connectivity index (χ4v) is 7.06. The average molecular weight is 885 g/mol. The van der Waals surface area contributed by atoms with Crippen molar-refractivity contribution in [1.82, 2.24) is 4.98 Å². The van der Waals surface area contributed by atoms with E-state index in [1.165, 1.54) is 22.8 Å². The topological polar surface area (TPSA) is 76.5 Å². The summed E-state index contributed by atoms with van der Waals surface area (Å²) in [6, 6.07) is 32.9. The molecular weight excluding hydrogens is 835 g/mol.